The molecule has 0 spiro atoms. The van der Waals surface area contributed by atoms with Crippen molar-refractivity contribution in [3.63, 3.8) is 0 Å². The fourth-order valence-electron chi connectivity index (χ4n) is 2.31. The Bertz CT molecular complexity index is 565. The smallest absolute Gasteiger partial charge is 0.307 e. The summed E-state index contributed by atoms with van der Waals surface area (Å²) in [6, 6.07) is 5.38. The highest BCUT2D eigenvalue weighted by Crippen LogP contribution is 2.20. The van der Waals surface area contributed by atoms with Gasteiger partial charge in [0.05, 0.1) is 11.7 Å². The van der Waals surface area contributed by atoms with E-state index in [2.05, 4.69) is 4.98 Å². The number of rotatable bonds is 5. The number of piperidine rings is 1. The lowest BCUT2D eigenvalue weighted by Crippen LogP contribution is -2.43. The molecule has 2 heterocycles. The third-order valence-corrected chi connectivity index (χ3v) is 5.31. The molecule has 1 fully saturated rings. The van der Waals surface area contributed by atoms with E-state index in [1.165, 1.54) is 4.31 Å². The molecule has 1 N–H and O–H groups in total. The normalized spacial score (nSPS) is 19.7. The molecule has 0 saturated carbocycles. The molecule has 6 nitrogen and oxygen atoms in total. The standard InChI is InChI=1S/C13H18N2O4S.ClH/c16-13(17)11-4-3-8-15(10-11)20(18,19)9-6-12-5-1-2-7-14-12;/h1-2,5,7,11H,3-4,6,8-10H2,(H,16,17);1H. The van der Waals surface area contributed by atoms with Gasteiger partial charge < -0.3 is 5.11 Å². The van der Waals surface area contributed by atoms with Gasteiger partial charge in [0.1, 0.15) is 0 Å². The quantitative estimate of drug-likeness (QED) is 0.873. The van der Waals surface area contributed by atoms with Crippen LogP contribution in [0.15, 0.2) is 24.4 Å². The maximum atomic E-state index is 12.2. The molecule has 0 aliphatic carbocycles. The van der Waals surface area contributed by atoms with Gasteiger partial charge in [-0.3, -0.25) is 9.78 Å². The lowest BCUT2D eigenvalue weighted by molar-refractivity contribution is -0.142. The van der Waals surface area contributed by atoms with E-state index in [-0.39, 0.29) is 24.7 Å². The van der Waals surface area contributed by atoms with Crippen molar-refractivity contribution in [3.05, 3.63) is 30.1 Å². The third kappa shape index (κ3) is 4.94. The van der Waals surface area contributed by atoms with Gasteiger partial charge in [-0.2, -0.15) is 0 Å². The molecule has 1 saturated heterocycles. The number of hydrogen-bond donors (Lipinski definition) is 1. The van der Waals surface area contributed by atoms with Crippen molar-refractivity contribution < 1.29 is 18.3 Å². The van der Waals surface area contributed by atoms with Crippen LogP contribution in [0.3, 0.4) is 0 Å². The summed E-state index contributed by atoms with van der Waals surface area (Å²) in [4.78, 5) is 15.1. The molecule has 118 valence electrons. The fourth-order valence-corrected chi connectivity index (χ4v) is 3.84. The summed E-state index contributed by atoms with van der Waals surface area (Å²) in [6.45, 7) is 0.494. The van der Waals surface area contributed by atoms with Gasteiger partial charge in [-0.1, -0.05) is 6.07 Å². The SMILES string of the molecule is Cl.O=C(O)C1CCCN(S(=O)(=O)CCc2ccccn2)C1. The van der Waals surface area contributed by atoms with Crippen LogP contribution in [0.4, 0.5) is 0 Å². The average molecular weight is 335 g/mol. The molecule has 1 aliphatic rings. The van der Waals surface area contributed by atoms with Crippen LogP contribution in [0.25, 0.3) is 0 Å². The first kappa shape index (κ1) is 17.9. The van der Waals surface area contributed by atoms with Crippen LogP contribution in [0.5, 0.6) is 0 Å². The van der Waals surface area contributed by atoms with E-state index < -0.39 is 21.9 Å². The monoisotopic (exact) mass is 334 g/mol. The van der Waals surface area contributed by atoms with Gasteiger partial charge in [0.2, 0.25) is 10.0 Å². The topological polar surface area (TPSA) is 87.6 Å². The van der Waals surface area contributed by atoms with E-state index >= 15 is 0 Å². The van der Waals surface area contributed by atoms with Crippen molar-refractivity contribution in [2.24, 2.45) is 5.92 Å². The lowest BCUT2D eigenvalue weighted by Gasteiger charge is -2.29. The number of halogens is 1. The van der Waals surface area contributed by atoms with Crippen molar-refractivity contribution in [3.8, 4) is 0 Å². The second-order valence-electron chi connectivity index (χ2n) is 4.92. The second-order valence-corrected chi connectivity index (χ2v) is 7.01. The highest BCUT2D eigenvalue weighted by Gasteiger charge is 2.31. The highest BCUT2D eigenvalue weighted by molar-refractivity contribution is 7.89. The minimum absolute atomic E-state index is 0. The van der Waals surface area contributed by atoms with Crippen LogP contribution in [0.2, 0.25) is 0 Å². The van der Waals surface area contributed by atoms with Gasteiger partial charge in [0, 0.05) is 31.4 Å². The van der Waals surface area contributed by atoms with E-state index in [1.807, 2.05) is 6.07 Å². The Labute approximate surface area is 130 Å². The Morgan fingerprint density at radius 3 is 2.81 bits per heavy atom. The summed E-state index contributed by atoms with van der Waals surface area (Å²) in [5.41, 5.74) is 0.725. The summed E-state index contributed by atoms with van der Waals surface area (Å²) in [6.07, 6.45) is 3.11. The molecule has 1 atom stereocenters. The summed E-state index contributed by atoms with van der Waals surface area (Å²) in [5, 5.41) is 9.00. The zero-order valence-electron chi connectivity index (χ0n) is 11.5. The predicted octanol–water partition coefficient (Wildman–Crippen LogP) is 1.17. The van der Waals surface area contributed by atoms with E-state index in [4.69, 9.17) is 5.11 Å². The predicted molar refractivity (Wildman–Crippen MR) is 80.9 cm³/mol. The molecule has 1 unspecified atom stereocenters. The van der Waals surface area contributed by atoms with Crippen molar-refractivity contribution in [2.75, 3.05) is 18.8 Å². The Morgan fingerprint density at radius 2 is 2.19 bits per heavy atom. The van der Waals surface area contributed by atoms with Crippen molar-refractivity contribution in [2.45, 2.75) is 19.3 Å². The number of pyridine rings is 1. The van der Waals surface area contributed by atoms with Crippen LogP contribution in [0.1, 0.15) is 18.5 Å². The molecule has 1 aliphatic heterocycles. The molecule has 0 bridgehead atoms. The van der Waals surface area contributed by atoms with Crippen LogP contribution in [-0.2, 0) is 21.2 Å². The van der Waals surface area contributed by atoms with Gasteiger partial charge >= 0.3 is 5.97 Å². The number of aliphatic carboxylic acids is 1. The minimum atomic E-state index is -3.42. The third-order valence-electron chi connectivity index (χ3n) is 3.47. The Balaban J connectivity index is 0.00000220. The van der Waals surface area contributed by atoms with Crippen molar-refractivity contribution >= 4 is 28.4 Å². The van der Waals surface area contributed by atoms with E-state index in [1.54, 1.807) is 18.3 Å². The second kappa shape index (κ2) is 7.72. The number of aryl methyl sites for hydroxylation is 1. The molecule has 0 radical (unpaired) electrons. The Kier molecular flexibility index (Phi) is 6.57. The first-order chi connectivity index (χ1) is 9.49. The van der Waals surface area contributed by atoms with Crippen LogP contribution in [-0.4, -0.2) is 47.6 Å². The number of carboxylic acids is 1. The van der Waals surface area contributed by atoms with Crippen molar-refractivity contribution in [1.29, 1.82) is 0 Å². The first-order valence-electron chi connectivity index (χ1n) is 6.59. The number of nitrogens with zero attached hydrogens (tertiary/aromatic N) is 2. The summed E-state index contributed by atoms with van der Waals surface area (Å²) >= 11 is 0. The number of sulfonamides is 1. The van der Waals surface area contributed by atoms with Gasteiger partial charge in [0.15, 0.2) is 0 Å². The molecule has 1 aromatic rings. The lowest BCUT2D eigenvalue weighted by atomic mass is 10.0. The van der Waals surface area contributed by atoms with Crippen LogP contribution in [0, 0.1) is 5.92 Å². The van der Waals surface area contributed by atoms with Gasteiger partial charge in [0.25, 0.3) is 0 Å². The summed E-state index contributed by atoms with van der Waals surface area (Å²) in [5.74, 6) is -1.54. The molecule has 0 aromatic carbocycles. The Morgan fingerprint density at radius 1 is 1.43 bits per heavy atom. The van der Waals surface area contributed by atoms with Crippen molar-refractivity contribution in [1.82, 2.24) is 9.29 Å². The number of hydrogen-bond acceptors (Lipinski definition) is 4. The van der Waals surface area contributed by atoms with Crippen LogP contribution < -0.4 is 0 Å². The summed E-state index contributed by atoms with van der Waals surface area (Å²) in [7, 11) is -3.42. The van der Waals surface area contributed by atoms with Gasteiger partial charge in [-0.25, -0.2) is 12.7 Å². The Hall–Kier alpha value is -1.18. The molecular formula is C13H19ClN2O4S. The molecule has 0 amide bonds. The van der Waals surface area contributed by atoms with Gasteiger partial charge in [-0.05, 0) is 25.0 Å². The highest BCUT2D eigenvalue weighted by atomic mass is 35.5. The molecule has 2 rings (SSSR count). The first-order valence-corrected chi connectivity index (χ1v) is 8.20. The number of carbonyl (C=O) groups is 1. The fraction of sp³-hybridized carbons (Fsp3) is 0.538. The molecule has 21 heavy (non-hydrogen) atoms. The zero-order chi connectivity index (χ0) is 14.6. The molecule has 8 heteroatoms. The molecular weight excluding hydrogens is 316 g/mol. The zero-order valence-corrected chi connectivity index (χ0v) is 13.1. The maximum absolute atomic E-state index is 12.2. The number of carboxylic acid groups (broad SMARTS) is 1. The van der Waals surface area contributed by atoms with Gasteiger partial charge in [-0.15, -0.1) is 12.4 Å². The minimum Gasteiger partial charge on any atom is -0.481 e. The average Bonchev–Trinajstić information content (AvgIpc) is 2.46. The molecule has 1 aromatic heterocycles. The maximum Gasteiger partial charge on any atom is 0.307 e. The summed E-state index contributed by atoms with van der Waals surface area (Å²) < 4.78 is 25.8. The largest absolute Gasteiger partial charge is 0.481 e. The van der Waals surface area contributed by atoms with E-state index in [0.29, 0.717) is 25.8 Å². The number of aromatic nitrogens is 1. The van der Waals surface area contributed by atoms with Crippen LogP contribution >= 0.6 is 12.4 Å². The van der Waals surface area contributed by atoms with E-state index in [0.717, 1.165) is 5.69 Å². The van der Waals surface area contributed by atoms with E-state index in [9.17, 15) is 13.2 Å².